The van der Waals surface area contributed by atoms with E-state index in [-0.39, 0.29) is 11.5 Å². The van der Waals surface area contributed by atoms with Crippen molar-refractivity contribution in [3.8, 4) is 11.3 Å². The van der Waals surface area contributed by atoms with Crippen LogP contribution in [0.25, 0.3) is 17.4 Å². The number of carboxylic acid groups (broad SMARTS) is 1. The first-order valence-corrected chi connectivity index (χ1v) is 10.5. The average molecular weight is 473 g/mol. The summed E-state index contributed by atoms with van der Waals surface area (Å²) in [5, 5.41) is 10.4. The van der Waals surface area contributed by atoms with E-state index >= 15 is 0 Å². The normalized spacial score (nSPS) is 16.5. The molecule has 1 saturated heterocycles. The van der Waals surface area contributed by atoms with Crippen LogP contribution in [0.1, 0.15) is 16.1 Å². The number of carboxylic acids is 1. The molecule has 0 aliphatic carbocycles. The first-order valence-electron chi connectivity index (χ1n) is 8.97. The summed E-state index contributed by atoms with van der Waals surface area (Å²) in [6.45, 7) is 0. The Hall–Kier alpha value is -3.00. The molecule has 1 fully saturated rings. The Bertz CT molecular complexity index is 1270. The second-order valence-electron chi connectivity index (χ2n) is 6.56. The van der Waals surface area contributed by atoms with Gasteiger partial charge >= 0.3 is 5.97 Å². The Morgan fingerprint density at radius 3 is 2.68 bits per heavy atom. The van der Waals surface area contributed by atoms with E-state index in [1.807, 2.05) is 0 Å². The Morgan fingerprint density at radius 1 is 1.13 bits per heavy atom. The number of benzene rings is 2. The van der Waals surface area contributed by atoms with Gasteiger partial charge in [0, 0.05) is 18.7 Å². The maximum atomic E-state index is 12.6. The lowest BCUT2D eigenvalue weighted by Crippen LogP contribution is -2.23. The number of amidine groups is 1. The van der Waals surface area contributed by atoms with Crippen LogP contribution in [0, 0.1) is 0 Å². The molecule has 9 heteroatoms. The Labute approximate surface area is 191 Å². The molecule has 1 amide bonds. The van der Waals surface area contributed by atoms with Gasteiger partial charge in [0.25, 0.3) is 5.91 Å². The zero-order chi connectivity index (χ0) is 22.1. The molecule has 156 valence electrons. The number of rotatable bonds is 4. The summed E-state index contributed by atoms with van der Waals surface area (Å²) in [7, 11) is 1.61. The van der Waals surface area contributed by atoms with Gasteiger partial charge in [-0.1, -0.05) is 29.3 Å². The molecule has 31 heavy (non-hydrogen) atoms. The number of aliphatic imine (C=N–C) groups is 1. The molecule has 1 aromatic heterocycles. The number of hydrogen-bond donors (Lipinski definition) is 1. The highest BCUT2D eigenvalue weighted by atomic mass is 35.5. The van der Waals surface area contributed by atoms with Gasteiger partial charge < -0.3 is 9.52 Å². The summed E-state index contributed by atoms with van der Waals surface area (Å²) in [6.07, 6.45) is 1.64. The van der Waals surface area contributed by atoms with Gasteiger partial charge in [0.05, 0.1) is 26.2 Å². The minimum atomic E-state index is -1.04. The minimum Gasteiger partial charge on any atom is -0.478 e. The van der Waals surface area contributed by atoms with Gasteiger partial charge in [-0.2, -0.15) is 0 Å². The summed E-state index contributed by atoms with van der Waals surface area (Å²) in [4.78, 5) is 30.0. The van der Waals surface area contributed by atoms with Crippen molar-refractivity contribution < 1.29 is 19.1 Å². The van der Waals surface area contributed by atoms with Crippen molar-refractivity contribution in [3.63, 3.8) is 0 Å². The van der Waals surface area contributed by atoms with Crippen LogP contribution >= 0.6 is 35.0 Å². The number of halogens is 2. The Balaban J connectivity index is 1.59. The van der Waals surface area contributed by atoms with Crippen LogP contribution < -0.4 is 0 Å². The van der Waals surface area contributed by atoms with Crippen molar-refractivity contribution in [1.29, 1.82) is 0 Å². The number of furan rings is 1. The lowest BCUT2D eigenvalue weighted by atomic mass is 10.2. The van der Waals surface area contributed by atoms with Gasteiger partial charge in [-0.25, -0.2) is 9.79 Å². The molecule has 1 N–H and O–H groups in total. The third kappa shape index (κ3) is 4.54. The van der Waals surface area contributed by atoms with Gasteiger partial charge in [-0.15, -0.1) is 0 Å². The standard InChI is InChI=1S/C22H14Cl2N2O4S/c1-26-20(27)19(31-22(26)25-14-4-2-3-13(9-14)21(28)29)11-15-6-8-18(30-15)12-5-7-16(23)17(24)10-12/h2-11H,1H3,(H,28,29)/b19-11-,25-22?. The number of likely N-dealkylation sites (N-methyl/N-ethyl adjacent to an activating group) is 1. The number of thioether (sulfide) groups is 1. The van der Waals surface area contributed by atoms with Crippen LogP contribution in [0.15, 0.2) is 68.9 Å². The number of aromatic carboxylic acids is 1. The first kappa shape index (κ1) is 21.2. The summed E-state index contributed by atoms with van der Waals surface area (Å²) in [5.74, 6) is -0.180. The smallest absolute Gasteiger partial charge is 0.335 e. The van der Waals surface area contributed by atoms with E-state index in [9.17, 15) is 9.59 Å². The van der Waals surface area contributed by atoms with Gasteiger partial charge in [0.1, 0.15) is 11.5 Å². The van der Waals surface area contributed by atoms with Crippen LogP contribution in [-0.2, 0) is 4.79 Å². The van der Waals surface area contributed by atoms with Crippen molar-refractivity contribution in [2.24, 2.45) is 4.99 Å². The van der Waals surface area contributed by atoms with E-state index in [4.69, 9.17) is 32.7 Å². The van der Waals surface area contributed by atoms with Crippen molar-refractivity contribution in [1.82, 2.24) is 4.90 Å². The molecule has 0 bridgehead atoms. The summed E-state index contributed by atoms with van der Waals surface area (Å²) < 4.78 is 5.84. The molecule has 2 heterocycles. The highest BCUT2D eigenvalue weighted by Crippen LogP contribution is 2.35. The third-order valence-electron chi connectivity index (χ3n) is 4.43. The number of amides is 1. The summed E-state index contributed by atoms with van der Waals surface area (Å²) >= 11 is 13.2. The fraction of sp³-hybridized carbons (Fsp3) is 0.0455. The molecule has 6 nitrogen and oxygen atoms in total. The van der Waals surface area contributed by atoms with Gasteiger partial charge in [0.2, 0.25) is 0 Å². The highest BCUT2D eigenvalue weighted by Gasteiger charge is 2.30. The zero-order valence-electron chi connectivity index (χ0n) is 16.0. The van der Waals surface area contributed by atoms with Crippen LogP contribution in [0.4, 0.5) is 5.69 Å². The van der Waals surface area contributed by atoms with Crippen LogP contribution in [-0.4, -0.2) is 34.1 Å². The topological polar surface area (TPSA) is 83.1 Å². The maximum Gasteiger partial charge on any atom is 0.335 e. The molecule has 2 aromatic carbocycles. The number of carbonyl (C=O) groups excluding carboxylic acids is 1. The minimum absolute atomic E-state index is 0.125. The average Bonchev–Trinajstić information content (AvgIpc) is 3.31. The predicted octanol–water partition coefficient (Wildman–Crippen LogP) is 6.19. The summed E-state index contributed by atoms with van der Waals surface area (Å²) in [6, 6.07) is 14.9. The molecule has 0 unspecified atom stereocenters. The lowest BCUT2D eigenvalue weighted by Gasteiger charge is -2.07. The van der Waals surface area contributed by atoms with E-state index in [1.165, 1.54) is 28.8 Å². The molecule has 4 rings (SSSR count). The van der Waals surface area contributed by atoms with Crippen LogP contribution in [0.2, 0.25) is 10.0 Å². The van der Waals surface area contributed by atoms with Gasteiger partial charge in [0.15, 0.2) is 5.17 Å². The molecule has 1 aliphatic rings. The SMILES string of the molecule is CN1C(=O)/C(=C/c2ccc(-c3ccc(Cl)c(Cl)c3)o2)SC1=Nc1cccc(C(=O)O)c1. The molecule has 0 atom stereocenters. The first-order chi connectivity index (χ1) is 14.8. The van der Waals surface area contributed by atoms with Gasteiger partial charge in [-0.3, -0.25) is 9.69 Å². The monoisotopic (exact) mass is 472 g/mol. The van der Waals surface area contributed by atoms with E-state index in [2.05, 4.69) is 4.99 Å². The van der Waals surface area contributed by atoms with Crippen molar-refractivity contribution >= 4 is 63.8 Å². The molecular weight excluding hydrogens is 459 g/mol. The fourth-order valence-electron chi connectivity index (χ4n) is 2.83. The van der Waals surface area contributed by atoms with E-state index in [1.54, 1.807) is 55.6 Å². The highest BCUT2D eigenvalue weighted by molar-refractivity contribution is 8.18. The number of hydrogen-bond acceptors (Lipinski definition) is 5. The molecule has 0 saturated carbocycles. The molecule has 0 spiro atoms. The molecule has 3 aromatic rings. The second kappa shape index (κ2) is 8.63. The van der Waals surface area contributed by atoms with Crippen LogP contribution in [0.5, 0.6) is 0 Å². The maximum absolute atomic E-state index is 12.6. The quantitative estimate of drug-likeness (QED) is 0.457. The van der Waals surface area contributed by atoms with Crippen molar-refractivity contribution in [2.45, 2.75) is 0 Å². The predicted molar refractivity (Wildman–Crippen MR) is 123 cm³/mol. The lowest BCUT2D eigenvalue weighted by molar-refractivity contribution is -0.121. The molecule has 1 aliphatic heterocycles. The fourth-order valence-corrected chi connectivity index (χ4v) is 4.10. The third-order valence-corrected chi connectivity index (χ3v) is 6.22. The van der Waals surface area contributed by atoms with E-state index < -0.39 is 5.97 Å². The van der Waals surface area contributed by atoms with Crippen molar-refractivity contribution in [2.75, 3.05) is 7.05 Å². The Morgan fingerprint density at radius 2 is 1.94 bits per heavy atom. The molecule has 0 radical (unpaired) electrons. The Kier molecular flexibility index (Phi) is 5.91. The van der Waals surface area contributed by atoms with E-state index in [0.29, 0.717) is 37.3 Å². The number of nitrogens with zero attached hydrogens (tertiary/aromatic N) is 2. The summed E-state index contributed by atoms with van der Waals surface area (Å²) in [5.41, 5.74) is 1.34. The van der Waals surface area contributed by atoms with E-state index in [0.717, 1.165) is 5.56 Å². The van der Waals surface area contributed by atoms with Crippen LogP contribution in [0.3, 0.4) is 0 Å². The second-order valence-corrected chi connectivity index (χ2v) is 8.38. The largest absolute Gasteiger partial charge is 0.478 e. The number of carbonyl (C=O) groups is 2. The molecular formula is C22H14Cl2N2O4S. The van der Waals surface area contributed by atoms with Crippen molar-refractivity contribution in [3.05, 3.63) is 80.9 Å². The van der Waals surface area contributed by atoms with Gasteiger partial charge in [-0.05, 0) is 60.3 Å². The zero-order valence-corrected chi connectivity index (χ0v) is 18.3.